The van der Waals surface area contributed by atoms with Crippen LogP contribution in [0.25, 0.3) is 0 Å². The summed E-state index contributed by atoms with van der Waals surface area (Å²) in [6.45, 7) is 5.11. The number of hydrogen-bond donors (Lipinski definition) is 1. The zero-order chi connectivity index (χ0) is 7.11. The van der Waals surface area contributed by atoms with Crippen LogP contribution in [0.4, 0.5) is 0 Å². The van der Waals surface area contributed by atoms with E-state index in [1.165, 1.54) is 0 Å². The fraction of sp³-hybridized carbons (Fsp3) is 0.750. The van der Waals surface area contributed by atoms with Crippen molar-refractivity contribution >= 4 is 0 Å². The number of hydrogen-bond acceptors (Lipinski definition) is 1. The summed E-state index contributed by atoms with van der Waals surface area (Å²) < 4.78 is 0. The van der Waals surface area contributed by atoms with Crippen molar-refractivity contribution in [2.75, 3.05) is 6.54 Å². The van der Waals surface area contributed by atoms with Crippen molar-refractivity contribution in [3.05, 3.63) is 12.2 Å². The van der Waals surface area contributed by atoms with Crippen LogP contribution in [0.15, 0.2) is 12.2 Å². The molecule has 1 nitrogen and oxygen atoms in total. The van der Waals surface area contributed by atoms with Gasteiger partial charge in [0.15, 0.2) is 0 Å². The summed E-state index contributed by atoms with van der Waals surface area (Å²) in [4.78, 5) is 0. The summed E-state index contributed by atoms with van der Waals surface area (Å²) in [5.41, 5.74) is 5.42. The molecule has 0 rings (SSSR count). The Morgan fingerprint density at radius 2 is 2.11 bits per heavy atom. The Labute approximate surface area is 57.9 Å². The highest BCUT2D eigenvalue weighted by Crippen LogP contribution is 1.99. The zero-order valence-corrected chi connectivity index (χ0v) is 6.43. The maximum absolute atomic E-state index is 5.42. The highest BCUT2D eigenvalue weighted by atomic mass is 14.5. The summed E-state index contributed by atoms with van der Waals surface area (Å²) >= 11 is 0. The number of nitrogens with two attached hydrogens (primary N) is 1. The Kier molecular flexibility index (Phi) is 5.64. The van der Waals surface area contributed by atoms with Crippen molar-refractivity contribution < 1.29 is 0 Å². The van der Waals surface area contributed by atoms with Crippen LogP contribution in [0.5, 0.6) is 0 Å². The molecule has 0 amide bonds. The highest BCUT2D eigenvalue weighted by molar-refractivity contribution is 4.81. The predicted molar refractivity (Wildman–Crippen MR) is 42.3 cm³/mol. The van der Waals surface area contributed by atoms with Crippen LogP contribution in [0, 0.1) is 5.92 Å². The fourth-order valence-corrected chi connectivity index (χ4v) is 0.591. The lowest BCUT2D eigenvalue weighted by atomic mass is 10.1. The molecule has 0 aromatic rings. The van der Waals surface area contributed by atoms with E-state index in [2.05, 4.69) is 26.0 Å². The normalized spacial score (nSPS) is 14.6. The third-order valence-electron chi connectivity index (χ3n) is 1.34. The lowest BCUT2D eigenvalue weighted by Gasteiger charge is -2.01. The molecule has 0 fully saturated rings. The molecule has 2 N–H and O–H groups in total. The molecule has 0 aliphatic rings. The Morgan fingerprint density at radius 1 is 1.44 bits per heavy atom. The third-order valence-corrected chi connectivity index (χ3v) is 1.34. The first-order valence-corrected chi connectivity index (χ1v) is 3.66. The van der Waals surface area contributed by atoms with Gasteiger partial charge in [-0.2, -0.15) is 0 Å². The van der Waals surface area contributed by atoms with Gasteiger partial charge in [0, 0.05) is 0 Å². The molecule has 0 aliphatic heterocycles. The Bertz CT molecular complexity index is 76.6. The van der Waals surface area contributed by atoms with E-state index in [0.717, 1.165) is 19.4 Å². The van der Waals surface area contributed by atoms with Gasteiger partial charge in [0.25, 0.3) is 0 Å². The topological polar surface area (TPSA) is 26.0 Å². The van der Waals surface area contributed by atoms with Crippen molar-refractivity contribution in [1.29, 1.82) is 0 Å². The van der Waals surface area contributed by atoms with Crippen molar-refractivity contribution in [3.8, 4) is 0 Å². The molecule has 0 saturated heterocycles. The van der Waals surface area contributed by atoms with Gasteiger partial charge in [0.1, 0.15) is 0 Å². The summed E-state index contributed by atoms with van der Waals surface area (Å²) in [7, 11) is 0. The second-order valence-electron chi connectivity index (χ2n) is 2.46. The van der Waals surface area contributed by atoms with E-state index in [1.54, 1.807) is 0 Å². The Morgan fingerprint density at radius 3 is 2.56 bits per heavy atom. The maximum Gasteiger partial charge on any atom is -0.00485 e. The number of allylic oxidation sites excluding steroid dienone is 2. The van der Waals surface area contributed by atoms with E-state index in [4.69, 9.17) is 5.73 Å². The van der Waals surface area contributed by atoms with E-state index < -0.39 is 0 Å². The molecular formula is C8H17N. The van der Waals surface area contributed by atoms with Gasteiger partial charge < -0.3 is 5.73 Å². The van der Waals surface area contributed by atoms with Crippen LogP contribution in [-0.2, 0) is 0 Å². The molecule has 1 unspecified atom stereocenters. The lowest BCUT2D eigenvalue weighted by Crippen LogP contribution is -2.09. The molecule has 0 radical (unpaired) electrons. The summed E-state index contributed by atoms with van der Waals surface area (Å²) in [5, 5.41) is 0. The van der Waals surface area contributed by atoms with E-state index in [1.807, 2.05) is 0 Å². The van der Waals surface area contributed by atoms with Gasteiger partial charge in [-0.25, -0.2) is 0 Å². The van der Waals surface area contributed by atoms with Gasteiger partial charge in [-0.3, -0.25) is 0 Å². The van der Waals surface area contributed by atoms with Gasteiger partial charge in [-0.1, -0.05) is 26.0 Å². The molecule has 0 aromatic carbocycles. The summed E-state index contributed by atoms with van der Waals surface area (Å²) in [6.07, 6.45) is 6.66. The van der Waals surface area contributed by atoms with E-state index >= 15 is 0 Å². The third kappa shape index (κ3) is 5.57. The van der Waals surface area contributed by atoms with Gasteiger partial charge in [0.2, 0.25) is 0 Å². The Hall–Kier alpha value is -0.300. The van der Waals surface area contributed by atoms with Crippen molar-refractivity contribution in [2.24, 2.45) is 11.7 Å². The maximum atomic E-state index is 5.42. The monoisotopic (exact) mass is 127 g/mol. The average molecular weight is 127 g/mol. The van der Waals surface area contributed by atoms with Gasteiger partial charge in [-0.15, -0.1) is 0 Å². The largest absolute Gasteiger partial charge is 0.330 e. The molecule has 9 heavy (non-hydrogen) atoms. The van der Waals surface area contributed by atoms with Crippen LogP contribution in [-0.4, -0.2) is 6.54 Å². The molecule has 0 saturated carbocycles. The van der Waals surface area contributed by atoms with Crippen molar-refractivity contribution in [1.82, 2.24) is 0 Å². The minimum absolute atomic E-state index is 0.646. The summed E-state index contributed by atoms with van der Waals surface area (Å²) in [5.74, 6) is 0.646. The van der Waals surface area contributed by atoms with E-state index in [9.17, 15) is 0 Å². The molecule has 1 atom stereocenters. The van der Waals surface area contributed by atoms with Crippen LogP contribution < -0.4 is 5.73 Å². The van der Waals surface area contributed by atoms with Crippen LogP contribution in [0.3, 0.4) is 0 Å². The minimum Gasteiger partial charge on any atom is -0.330 e. The molecule has 1 heteroatoms. The van der Waals surface area contributed by atoms with Crippen LogP contribution >= 0.6 is 0 Å². The quantitative estimate of drug-likeness (QED) is 0.574. The molecule has 0 heterocycles. The highest BCUT2D eigenvalue weighted by Gasteiger charge is 1.92. The number of rotatable bonds is 4. The average Bonchev–Trinajstić information content (AvgIpc) is 1.89. The molecule has 0 aliphatic carbocycles. The van der Waals surface area contributed by atoms with Crippen molar-refractivity contribution in [3.63, 3.8) is 0 Å². The van der Waals surface area contributed by atoms with E-state index in [-0.39, 0.29) is 0 Å². The first-order valence-electron chi connectivity index (χ1n) is 3.66. The molecule has 0 aromatic heterocycles. The standard InChI is InChI=1S/C8H17N/c1-3-4-5-6-8(2)7-9/h4-5,8H,3,6-7,9H2,1-2H3/b5-4-. The van der Waals surface area contributed by atoms with Gasteiger partial charge >= 0.3 is 0 Å². The first-order chi connectivity index (χ1) is 4.31. The molecule has 0 spiro atoms. The minimum atomic E-state index is 0.646. The predicted octanol–water partition coefficient (Wildman–Crippen LogP) is 1.94. The fourth-order valence-electron chi connectivity index (χ4n) is 0.591. The first kappa shape index (κ1) is 8.70. The second kappa shape index (κ2) is 5.83. The molecular weight excluding hydrogens is 110 g/mol. The van der Waals surface area contributed by atoms with Gasteiger partial charge in [-0.05, 0) is 25.3 Å². The van der Waals surface area contributed by atoms with Gasteiger partial charge in [0.05, 0.1) is 0 Å². The second-order valence-corrected chi connectivity index (χ2v) is 2.46. The van der Waals surface area contributed by atoms with Crippen LogP contribution in [0.2, 0.25) is 0 Å². The van der Waals surface area contributed by atoms with Crippen LogP contribution in [0.1, 0.15) is 26.7 Å². The van der Waals surface area contributed by atoms with Crippen molar-refractivity contribution in [2.45, 2.75) is 26.7 Å². The molecule has 54 valence electrons. The Balaban J connectivity index is 3.15. The smallest absolute Gasteiger partial charge is 0.00485 e. The zero-order valence-electron chi connectivity index (χ0n) is 6.43. The molecule has 0 bridgehead atoms. The summed E-state index contributed by atoms with van der Waals surface area (Å²) in [6, 6.07) is 0. The van der Waals surface area contributed by atoms with E-state index in [0.29, 0.717) is 5.92 Å². The SMILES string of the molecule is CC/C=C\CC(C)CN. The lowest BCUT2D eigenvalue weighted by molar-refractivity contribution is 0.605.